The van der Waals surface area contributed by atoms with Crippen molar-refractivity contribution >= 4 is 0 Å². The maximum Gasteiger partial charge on any atom is 0.0538 e. The van der Waals surface area contributed by atoms with Gasteiger partial charge in [-0.3, -0.25) is 4.90 Å². The lowest BCUT2D eigenvalue weighted by Gasteiger charge is -2.44. The lowest BCUT2D eigenvalue weighted by Crippen LogP contribution is -2.54. The van der Waals surface area contributed by atoms with Gasteiger partial charge < -0.3 is 14.5 Å². The number of hydrogen-bond donors (Lipinski definition) is 0. The van der Waals surface area contributed by atoms with E-state index < -0.39 is 0 Å². The van der Waals surface area contributed by atoms with E-state index in [1.807, 2.05) is 0 Å². The first kappa shape index (κ1) is 20.6. The SMILES string of the molecule is CC(C)OCC1(CN2CCC(CN3CCN(C(C)(C)C)CC3)CC2)CC1. The fraction of sp³-hybridized carbons (Fsp3) is 1.00. The molecule has 2 heterocycles. The molecular weight excluding hydrogens is 322 g/mol. The van der Waals surface area contributed by atoms with Crippen LogP contribution in [0.5, 0.6) is 0 Å². The smallest absolute Gasteiger partial charge is 0.0538 e. The van der Waals surface area contributed by atoms with Crippen LogP contribution in [-0.4, -0.2) is 85.3 Å². The van der Waals surface area contributed by atoms with Gasteiger partial charge in [-0.25, -0.2) is 0 Å². The van der Waals surface area contributed by atoms with E-state index in [2.05, 4.69) is 49.3 Å². The van der Waals surface area contributed by atoms with Crippen molar-refractivity contribution in [2.24, 2.45) is 11.3 Å². The zero-order chi connectivity index (χ0) is 18.8. The Hall–Kier alpha value is -0.160. The molecule has 0 spiro atoms. The van der Waals surface area contributed by atoms with Crippen molar-refractivity contribution in [3.63, 3.8) is 0 Å². The molecular formula is C22H43N3O. The molecule has 0 bridgehead atoms. The topological polar surface area (TPSA) is 19.0 Å². The fourth-order valence-corrected chi connectivity index (χ4v) is 4.64. The Balaban J connectivity index is 1.33. The average molecular weight is 366 g/mol. The second-order valence-electron chi connectivity index (χ2n) is 10.5. The molecule has 0 aromatic carbocycles. The van der Waals surface area contributed by atoms with Crippen LogP contribution in [0.2, 0.25) is 0 Å². The second kappa shape index (κ2) is 8.46. The summed E-state index contributed by atoms with van der Waals surface area (Å²) >= 11 is 0. The van der Waals surface area contributed by atoms with Crippen molar-refractivity contribution in [1.29, 1.82) is 0 Å². The minimum Gasteiger partial charge on any atom is -0.378 e. The maximum atomic E-state index is 5.93. The Kier molecular flexibility index (Phi) is 6.70. The molecule has 0 unspecified atom stereocenters. The van der Waals surface area contributed by atoms with Gasteiger partial charge in [-0.15, -0.1) is 0 Å². The Morgan fingerprint density at radius 1 is 0.923 bits per heavy atom. The first-order valence-corrected chi connectivity index (χ1v) is 11.1. The molecule has 2 saturated heterocycles. The summed E-state index contributed by atoms with van der Waals surface area (Å²) in [5, 5.41) is 0. The molecule has 0 atom stereocenters. The highest BCUT2D eigenvalue weighted by Gasteiger charge is 2.44. The molecule has 3 aliphatic rings. The summed E-state index contributed by atoms with van der Waals surface area (Å²) < 4.78 is 5.93. The minimum absolute atomic E-state index is 0.329. The fourth-order valence-electron chi connectivity index (χ4n) is 4.64. The number of piperidine rings is 1. The van der Waals surface area contributed by atoms with Gasteiger partial charge in [0, 0.05) is 50.2 Å². The van der Waals surface area contributed by atoms with E-state index in [1.54, 1.807) is 0 Å². The Labute approximate surface area is 162 Å². The highest BCUT2D eigenvalue weighted by molar-refractivity contribution is 4.96. The highest BCUT2D eigenvalue weighted by Crippen LogP contribution is 2.47. The third-order valence-electron chi connectivity index (χ3n) is 6.78. The van der Waals surface area contributed by atoms with Gasteiger partial charge in [0.05, 0.1) is 12.7 Å². The Morgan fingerprint density at radius 2 is 1.54 bits per heavy atom. The standard InChI is InChI=1S/C22H43N3O/c1-19(2)26-18-22(8-9-22)17-24-10-6-20(7-11-24)16-23-12-14-25(15-13-23)21(3,4)5/h19-20H,6-18H2,1-5H3. The third-order valence-corrected chi connectivity index (χ3v) is 6.78. The lowest BCUT2D eigenvalue weighted by atomic mass is 9.94. The van der Waals surface area contributed by atoms with Crippen molar-refractivity contribution in [2.75, 3.05) is 59.0 Å². The van der Waals surface area contributed by atoms with Crippen molar-refractivity contribution in [3.8, 4) is 0 Å². The molecule has 4 heteroatoms. The molecule has 152 valence electrons. The van der Waals surface area contributed by atoms with E-state index >= 15 is 0 Å². The van der Waals surface area contributed by atoms with Gasteiger partial charge in [0.15, 0.2) is 0 Å². The van der Waals surface area contributed by atoms with Crippen molar-refractivity contribution in [3.05, 3.63) is 0 Å². The average Bonchev–Trinajstić information content (AvgIpc) is 3.35. The predicted octanol–water partition coefficient (Wildman–Crippen LogP) is 3.32. The van der Waals surface area contributed by atoms with Crippen LogP contribution in [-0.2, 0) is 4.74 Å². The van der Waals surface area contributed by atoms with E-state index in [-0.39, 0.29) is 0 Å². The molecule has 0 N–H and O–H groups in total. The van der Waals surface area contributed by atoms with Crippen molar-refractivity contribution < 1.29 is 4.74 Å². The number of likely N-dealkylation sites (tertiary alicyclic amines) is 1. The van der Waals surface area contributed by atoms with Gasteiger partial charge in [-0.1, -0.05) is 0 Å². The molecule has 0 amide bonds. The summed E-state index contributed by atoms with van der Waals surface area (Å²) in [6.45, 7) is 22.5. The molecule has 3 fully saturated rings. The molecule has 3 rings (SSSR count). The molecule has 2 aliphatic heterocycles. The highest BCUT2D eigenvalue weighted by atomic mass is 16.5. The first-order valence-electron chi connectivity index (χ1n) is 11.1. The van der Waals surface area contributed by atoms with Gasteiger partial charge >= 0.3 is 0 Å². The zero-order valence-corrected chi connectivity index (χ0v) is 18.1. The van der Waals surface area contributed by atoms with E-state index in [0.29, 0.717) is 17.1 Å². The van der Waals surface area contributed by atoms with Crippen LogP contribution in [0.3, 0.4) is 0 Å². The van der Waals surface area contributed by atoms with E-state index in [4.69, 9.17) is 4.74 Å². The van der Waals surface area contributed by atoms with Crippen LogP contribution in [0.25, 0.3) is 0 Å². The largest absolute Gasteiger partial charge is 0.378 e. The van der Waals surface area contributed by atoms with Gasteiger partial charge in [0.2, 0.25) is 0 Å². The summed E-state index contributed by atoms with van der Waals surface area (Å²) in [7, 11) is 0. The maximum absolute atomic E-state index is 5.93. The van der Waals surface area contributed by atoms with Crippen LogP contribution in [0.1, 0.15) is 60.3 Å². The Morgan fingerprint density at radius 3 is 2.04 bits per heavy atom. The number of hydrogen-bond acceptors (Lipinski definition) is 4. The number of ether oxygens (including phenoxy) is 1. The predicted molar refractivity (Wildman–Crippen MR) is 110 cm³/mol. The summed E-state index contributed by atoms with van der Waals surface area (Å²) in [5.41, 5.74) is 0.829. The quantitative estimate of drug-likeness (QED) is 0.689. The van der Waals surface area contributed by atoms with Crippen LogP contribution in [0, 0.1) is 11.3 Å². The number of rotatable bonds is 7. The number of nitrogens with zero attached hydrogens (tertiary/aromatic N) is 3. The molecule has 0 radical (unpaired) electrons. The lowest BCUT2D eigenvalue weighted by molar-refractivity contribution is 0.0222. The van der Waals surface area contributed by atoms with Crippen molar-refractivity contribution in [1.82, 2.24) is 14.7 Å². The van der Waals surface area contributed by atoms with Crippen LogP contribution in [0.15, 0.2) is 0 Å². The second-order valence-corrected chi connectivity index (χ2v) is 10.5. The molecule has 26 heavy (non-hydrogen) atoms. The first-order chi connectivity index (χ1) is 12.3. The molecule has 1 saturated carbocycles. The van der Waals surface area contributed by atoms with Gasteiger partial charge in [-0.05, 0) is 79.3 Å². The normalized spacial score (nSPS) is 26.5. The van der Waals surface area contributed by atoms with E-state index in [1.165, 1.54) is 78.0 Å². The summed E-state index contributed by atoms with van der Waals surface area (Å²) in [6, 6.07) is 0. The molecule has 1 aliphatic carbocycles. The summed E-state index contributed by atoms with van der Waals surface area (Å²) in [5.74, 6) is 0.912. The van der Waals surface area contributed by atoms with Gasteiger partial charge in [-0.2, -0.15) is 0 Å². The molecule has 4 nitrogen and oxygen atoms in total. The summed E-state index contributed by atoms with van der Waals surface area (Å²) in [6.07, 6.45) is 5.90. The van der Waals surface area contributed by atoms with Gasteiger partial charge in [0.25, 0.3) is 0 Å². The Bertz CT molecular complexity index is 425. The zero-order valence-electron chi connectivity index (χ0n) is 18.1. The van der Waals surface area contributed by atoms with E-state index in [0.717, 1.165) is 12.5 Å². The monoisotopic (exact) mass is 365 g/mol. The van der Waals surface area contributed by atoms with Crippen LogP contribution >= 0.6 is 0 Å². The molecule has 0 aromatic heterocycles. The molecule has 0 aromatic rings. The van der Waals surface area contributed by atoms with Crippen molar-refractivity contribution in [2.45, 2.75) is 71.9 Å². The minimum atomic E-state index is 0.329. The van der Waals surface area contributed by atoms with Crippen LogP contribution in [0.4, 0.5) is 0 Å². The van der Waals surface area contributed by atoms with Gasteiger partial charge in [0.1, 0.15) is 0 Å². The number of piperazine rings is 1. The van der Waals surface area contributed by atoms with E-state index in [9.17, 15) is 0 Å². The van der Waals surface area contributed by atoms with Crippen LogP contribution < -0.4 is 0 Å². The summed E-state index contributed by atoms with van der Waals surface area (Å²) in [4.78, 5) is 8.09. The third kappa shape index (κ3) is 5.92.